The number of fused-ring (bicyclic) bond motifs is 6. The Morgan fingerprint density at radius 1 is 0.902 bits per heavy atom. The van der Waals surface area contributed by atoms with Crippen LogP contribution in [0.25, 0.3) is 22.4 Å². The summed E-state index contributed by atoms with van der Waals surface area (Å²) < 4.78 is 104. The second-order valence-corrected chi connectivity index (χ2v) is 17.7. The van der Waals surface area contributed by atoms with Crippen LogP contribution >= 0.6 is 0 Å². The molecule has 4 bridgehead atoms. The fraction of sp³-hybridized carbons (Fsp3) is 0.405. The molecule has 0 fully saturated rings. The number of sulfonamides is 1. The largest absolute Gasteiger partial charge is 0.484 e. The Balaban J connectivity index is 1.58. The molecule has 2 aromatic carbocycles. The van der Waals surface area contributed by atoms with Crippen molar-refractivity contribution >= 4 is 31.5 Å². The third kappa shape index (κ3) is 9.59. The number of nitrogens with zero attached hydrogens (tertiary/aromatic N) is 3. The molecule has 0 aliphatic carbocycles. The van der Waals surface area contributed by atoms with Gasteiger partial charge in [-0.1, -0.05) is 70.0 Å². The zero-order valence-electron chi connectivity index (χ0n) is 29.1. The van der Waals surface area contributed by atoms with Crippen LogP contribution in [0.15, 0.2) is 77.8 Å². The molecule has 4 aromatic rings. The van der Waals surface area contributed by atoms with Crippen molar-refractivity contribution in [3.8, 4) is 28.1 Å². The van der Waals surface area contributed by atoms with Crippen LogP contribution in [-0.4, -0.2) is 64.4 Å². The molecule has 0 spiro atoms. The lowest BCUT2D eigenvalue weighted by atomic mass is 9.88. The molecular formula is C37H43F3N4O5S2. The molecule has 1 aliphatic heterocycles. The van der Waals surface area contributed by atoms with Crippen LogP contribution in [0.1, 0.15) is 52.0 Å². The lowest BCUT2D eigenvalue weighted by Crippen LogP contribution is -2.39. The summed E-state index contributed by atoms with van der Waals surface area (Å²) in [6, 6.07) is 19.3. The third-order valence-corrected chi connectivity index (χ3v) is 11.0. The maximum atomic E-state index is 14.9. The summed E-state index contributed by atoms with van der Waals surface area (Å²) in [5.74, 6) is -4.14. The number of benzene rings is 2. The molecule has 0 unspecified atom stereocenters. The molecule has 1 N–H and O–H groups in total. The number of sulfone groups is 1. The second kappa shape index (κ2) is 15.2. The molecule has 9 nitrogen and oxygen atoms in total. The molecule has 0 atom stereocenters. The van der Waals surface area contributed by atoms with Gasteiger partial charge in [0.2, 0.25) is 0 Å². The lowest BCUT2D eigenvalue weighted by Gasteiger charge is -2.30. The number of hydrogen-bond donors (Lipinski definition) is 1. The molecule has 2 aromatic heterocycles. The van der Waals surface area contributed by atoms with Crippen molar-refractivity contribution in [1.82, 2.24) is 9.97 Å². The molecule has 0 saturated heterocycles. The highest BCUT2D eigenvalue weighted by molar-refractivity contribution is 7.92. The van der Waals surface area contributed by atoms with Gasteiger partial charge in [-0.05, 0) is 66.8 Å². The number of ether oxygens (including phenoxy) is 1. The molecule has 51 heavy (non-hydrogen) atoms. The number of anilines is 2. The van der Waals surface area contributed by atoms with E-state index < -0.39 is 43.6 Å². The summed E-state index contributed by atoms with van der Waals surface area (Å²) in [6.07, 6.45) is 5.16. The van der Waals surface area contributed by atoms with Gasteiger partial charge in [0, 0.05) is 35.9 Å². The molecular weight excluding hydrogens is 702 g/mol. The molecule has 1 aliphatic rings. The first-order valence-electron chi connectivity index (χ1n) is 16.8. The van der Waals surface area contributed by atoms with Gasteiger partial charge in [0.25, 0.3) is 15.9 Å². The van der Waals surface area contributed by atoms with E-state index in [-0.39, 0.29) is 28.9 Å². The average molecular weight is 745 g/mol. The van der Waals surface area contributed by atoms with Crippen LogP contribution in [0, 0.1) is 11.2 Å². The summed E-state index contributed by atoms with van der Waals surface area (Å²) >= 11 is 0. The maximum Gasteiger partial charge on any atom is 0.286 e. The van der Waals surface area contributed by atoms with Crippen molar-refractivity contribution < 1.29 is 34.7 Å². The van der Waals surface area contributed by atoms with E-state index >= 15 is 0 Å². The fourth-order valence-corrected chi connectivity index (χ4v) is 7.12. The molecule has 274 valence electrons. The number of rotatable bonds is 7. The van der Waals surface area contributed by atoms with Gasteiger partial charge in [-0.25, -0.2) is 31.6 Å². The third-order valence-electron chi connectivity index (χ3n) is 8.82. The van der Waals surface area contributed by atoms with E-state index in [1.54, 1.807) is 23.1 Å². The Labute approximate surface area is 298 Å². The van der Waals surface area contributed by atoms with E-state index in [4.69, 9.17) is 9.72 Å². The zero-order chi connectivity index (χ0) is 37.0. The molecule has 3 heterocycles. The van der Waals surface area contributed by atoms with E-state index in [0.29, 0.717) is 35.6 Å². The summed E-state index contributed by atoms with van der Waals surface area (Å²) in [5.41, 5.74) is 1.64. The first-order valence-corrected chi connectivity index (χ1v) is 20.3. The minimum atomic E-state index is -4.27. The van der Waals surface area contributed by atoms with Crippen molar-refractivity contribution in [2.75, 3.05) is 41.3 Å². The first-order chi connectivity index (χ1) is 23.9. The molecule has 0 saturated carbocycles. The summed E-state index contributed by atoms with van der Waals surface area (Å²) in [6.45, 7) is 3.79. The van der Waals surface area contributed by atoms with Crippen molar-refractivity contribution in [3.05, 3.63) is 84.2 Å². The van der Waals surface area contributed by atoms with E-state index in [1.165, 1.54) is 45.0 Å². The first kappa shape index (κ1) is 38.1. The van der Waals surface area contributed by atoms with Crippen LogP contribution in [0.2, 0.25) is 0 Å². The smallest absolute Gasteiger partial charge is 0.286 e. The van der Waals surface area contributed by atoms with Gasteiger partial charge < -0.3 is 9.64 Å². The van der Waals surface area contributed by atoms with Gasteiger partial charge in [-0.15, -0.1) is 0 Å². The number of pyridine rings is 2. The van der Waals surface area contributed by atoms with E-state index in [9.17, 15) is 30.0 Å². The highest BCUT2D eigenvalue weighted by Gasteiger charge is 2.44. The van der Waals surface area contributed by atoms with E-state index in [2.05, 4.69) is 9.71 Å². The number of halogens is 3. The topological polar surface area (TPSA) is 119 Å². The van der Waals surface area contributed by atoms with Gasteiger partial charge in [-0.3, -0.25) is 4.72 Å². The van der Waals surface area contributed by atoms with E-state index in [0.717, 1.165) is 49.1 Å². The molecule has 5 rings (SSSR count). The Morgan fingerprint density at radius 3 is 2.39 bits per heavy atom. The highest BCUT2D eigenvalue weighted by atomic mass is 32.2. The normalized spacial score (nSPS) is 15.7. The van der Waals surface area contributed by atoms with Crippen LogP contribution in [0.4, 0.5) is 24.8 Å². The predicted molar refractivity (Wildman–Crippen MR) is 194 cm³/mol. The van der Waals surface area contributed by atoms with Crippen LogP contribution in [-0.2, 0) is 26.3 Å². The zero-order valence-corrected chi connectivity index (χ0v) is 30.8. The summed E-state index contributed by atoms with van der Waals surface area (Å²) in [7, 11) is -7.55. The van der Waals surface area contributed by atoms with Crippen molar-refractivity contribution in [2.24, 2.45) is 5.41 Å². The Kier molecular flexibility index (Phi) is 11.4. The summed E-state index contributed by atoms with van der Waals surface area (Å²) in [5, 5.41) is -0.270. The summed E-state index contributed by atoms with van der Waals surface area (Å²) in [4.78, 5) is 11.0. The van der Waals surface area contributed by atoms with Gasteiger partial charge in [-0.2, -0.15) is 8.42 Å². The molecule has 0 radical (unpaired) electrons. The Morgan fingerprint density at radius 2 is 1.65 bits per heavy atom. The number of hydrogen-bond acceptors (Lipinski definition) is 8. The van der Waals surface area contributed by atoms with Gasteiger partial charge in [0.05, 0.1) is 11.4 Å². The van der Waals surface area contributed by atoms with Crippen molar-refractivity contribution in [3.63, 3.8) is 0 Å². The highest BCUT2D eigenvalue weighted by Crippen LogP contribution is 2.39. The number of alkyl halides is 2. The average Bonchev–Trinajstić information content (AvgIpc) is 3.06. The van der Waals surface area contributed by atoms with Crippen LogP contribution in [0.5, 0.6) is 5.75 Å². The lowest BCUT2D eigenvalue weighted by molar-refractivity contribution is -0.123. The molecule has 14 heteroatoms. The fourth-order valence-electron chi connectivity index (χ4n) is 5.60. The maximum absolute atomic E-state index is 14.9. The Hall–Kier alpha value is -4.17. The van der Waals surface area contributed by atoms with Crippen LogP contribution < -0.4 is 14.4 Å². The second-order valence-electron chi connectivity index (χ2n) is 13.9. The van der Waals surface area contributed by atoms with Crippen LogP contribution in [0.3, 0.4) is 0 Å². The Bertz CT molecular complexity index is 2090. The number of aryl methyl sites for hydroxylation is 1. The van der Waals surface area contributed by atoms with Gasteiger partial charge >= 0.3 is 0 Å². The SMILES string of the molecule is CC(C)(C)C(F)(F)COc1cc(-c2ccc3nc2-c2ccccc2CCCCCCN(CCS(C)(=O)=O)c2cccc(n2)S(=O)(=O)N3)ccc1F. The standard InChI is InChI=1S/C37H43F3N4O5S2/c1-36(2,3)37(39,40)25-49-31-24-27(17-19-30(31)38)29-18-20-32-41-35(29)28-14-9-8-13-26(28)12-7-5-6-10-21-44(22-23-50(4,45)46)33-15-11-16-34(42-33)51(47,48)43-32/h8-9,11,13-20,24H,5-7,10,12,21-23,25H2,1-4H3,(H,41,43). The van der Waals surface area contributed by atoms with Gasteiger partial charge in [0.15, 0.2) is 23.2 Å². The monoisotopic (exact) mass is 744 g/mol. The van der Waals surface area contributed by atoms with Crippen molar-refractivity contribution in [1.29, 1.82) is 0 Å². The predicted octanol–water partition coefficient (Wildman–Crippen LogP) is 7.78. The van der Waals surface area contributed by atoms with Crippen molar-refractivity contribution in [2.45, 2.75) is 63.8 Å². The number of nitrogens with one attached hydrogen (secondary N) is 1. The van der Waals surface area contributed by atoms with E-state index in [1.807, 2.05) is 24.3 Å². The van der Waals surface area contributed by atoms with Gasteiger partial charge in [0.1, 0.15) is 21.5 Å². The molecule has 0 amide bonds. The number of aromatic nitrogens is 2. The minimum Gasteiger partial charge on any atom is -0.484 e. The quantitative estimate of drug-likeness (QED) is 0.204. The minimum absolute atomic E-state index is 0.00240.